The van der Waals surface area contributed by atoms with Gasteiger partial charge in [-0.2, -0.15) is 5.26 Å². The van der Waals surface area contributed by atoms with Gasteiger partial charge >= 0.3 is 0 Å². The summed E-state index contributed by atoms with van der Waals surface area (Å²) in [6, 6.07) is 8.13. The number of piperidine rings is 1. The maximum Gasteiger partial charge on any atom is 0.0991 e. The summed E-state index contributed by atoms with van der Waals surface area (Å²) in [5.74, 6) is 0. The Hall–Kier alpha value is -1.37. The number of aryl methyl sites for hydroxylation is 1. The maximum absolute atomic E-state index is 8.88. The molecule has 0 aliphatic carbocycles. The Morgan fingerprint density at radius 2 is 2.05 bits per heavy atom. The van der Waals surface area contributed by atoms with Crippen molar-refractivity contribution in [3.8, 4) is 6.07 Å². The monoisotopic (exact) mass is 271 g/mol. The lowest BCUT2D eigenvalue weighted by atomic mass is 9.80. The van der Waals surface area contributed by atoms with Crippen molar-refractivity contribution in [1.29, 1.82) is 5.26 Å². The molecule has 20 heavy (non-hydrogen) atoms. The van der Waals surface area contributed by atoms with E-state index in [0.29, 0.717) is 5.41 Å². The highest BCUT2D eigenvalue weighted by Gasteiger charge is 2.28. The van der Waals surface area contributed by atoms with E-state index in [-0.39, 0.29) is 0 Å². The highest BCUT2D eigenvalue weighted by atomic mass is 15.1. The number of hydrogen-bond donors (Lipinski definition) is 1. The van der Waals surface area contributed by atoms with Crippen LogP contribution in [0.3, 0.4) is 0 Å². The van der Waals surface area contributed by atoms with Crippen LogP contribution in [0, 0.1) is 23.7 Å². The first-order chi connectivity index (χ1) is 9.52. The third kappa shape index (κ3) is 3.82. The first-order valence-corrected chi connectivity index (χ1v) is 7.41. The first-order valence-electron chi connectivity index (χ1n) is 7.41. The average Bonchev–Trinajstić information content (AvgIpc) is 2.44. The van der Waals surface area contributed by atoms with Crippen LogP contribution in [0.1, 0.15) is 36.5 Å². The highest BCUT2D eigenvalue weighted by molar-refractivity contribution is 5.37. The Labute approximate surface area is 122 Å². The Balaban J connectivity index is 1.85. The van der Waals surface area contributed by atoms with Crippen molar-refractivity contribution in [2.75, 3.05) is 26.7 Å². The number of likely N-dealkylation sites (tertiary alicyclic amines) is 1. The SMILES string of the molecule is Cc1cc(C#N)ccc1CNCC1(C)CCN(C)CC1. The summed E-state index contributed by atoms with van der Waals surface area (Å²) in [5.41, 5.74) is 3.66. The van der Waals surface area contributed by atoms with E-state index >= 15 is 0 Å². The van der Waals surface area contributed by atoms with Gasteiger partial charge in [-0.05, 0) is 68.6 Å². The zero-order valence-corrected chi connectivity index (χ0v) is 12.9. The van der Waals surface area contributed by atoms with Gasteiger partial charge < -0.3 is 10.2 Å². The molecule has 1 aromatic carbocycles. The fraction of sp³-hybridized carbons (Fsp3) is 0.588. The maximum atomic E-state index is 8.88. The van der Waals surface area contributed by atoms with Gasteiger partial charge in [0.1, 0.15) is 0 Å². The Bertz CT molecular complexity index is 493. The summed E-state index contributed by atoms with van der Waals surface area (Å²) >= 11 is 0. The quantitative estimate of drug-likeness (QED) is 0.915. The summed E-state index contributed by atoms with van der Waals surface area (Å²) < 4.78 is 0. The fourth-order valence-corrected chi connectivity index (χ4v) is 2.80. The molecule has 1 aromatic rings. The van der Waals surface area contributed by atoms with E-state index in [4.69, 9.17) is 5.26 Å². The van der Waals surface area contributed by atoms with Crippen LogP contribution in [-0.4, -0.2) is 31.6 Å². The summed E-state index contributed by atoms with van der Waals surface area (Å²) in [4.78, 5) is 2.41. The minimum atomic E-state index is 0.424. The van der Waals surface area contributed by atoms with E-state index in [1.807, 2.05) is 12.1 Å². The number of rotatable bonds is 4. The molecule has 2 rings (SSSR count). The molecule has 0 unspecified atom stereocenters. The van der Waals surface area contributed by atoms with Crippen molar-refractivity contribution in [3.63, 3.8) is 0 Å². The molecular formula is C17H25N3. The van der Waals surface area contributed by atoms with Crippen molar-refractivity contribution in [3.05, 3.63) is 34.9 Å². The number of nitrogens with one attached hydrogen (secondary N) is 1. The standard InChI is InChI=1S/C17H25N3/c1-14-10-15(11-18)4-5-16(14)12-19-13-17(2)6-8-20(3)9-7-17/h4-5,10,19H,6-9,12-13H2,1-3H3. The molecule has 3 nitrogen and oxygen atoms in total. The normalized spacial score (nSPS) is 18.7. The van der Waals surface area contributed by atoms with Crippen molar-refractivity contribution in [2.45, 2.75) is 33.2 Å². The molecule has 1 N–H and O–H groups in total. The van der Waals surface area contributed by atoms with Gasteiger partial charge in [0.25, 0.3) is 0 Å². The molecule has 0 radical (unpaired) electrons. The molecule has 0 aromatic heterocycles. The molecule has 1 heterocycles. The van der Waals surface area contributed by atoms with Gasteiger partial charge in [-0.1, -0.05) is 13.0 Å². The number of nitriles is 1. The topological polar surface area (TPSA) is 39.1 Å². The summed E-state index contributed by atoms with van der Waals surface area (Å²) in [5, 5.41) is 12.5. The number of benzene rings is 1. The van der Waals surface area contributed by atoms with Crippen LogP contribution < -0.4 is 5.32 Å². The minimum Gasteiger partial charge on any atom is -0.312 e. The molecule has 3 heteroatoms. The van der Waals surface area contributed by atoms with Crippen molar-refractivity contribution >= 4 is 0 Å². The van der Waals surface area contributed by atoms with E-state index in [9.17, 15) is 0 Å². The van der Waals surface area contributed by atoms with E-state index < -0.39 is 0 Å². The molecular weight excluding hydrogens is 246 g/mol. The highest BCUT2D eigenvalue weighted by Crippen LogP contribution is 2.29. The van der Waals surface area contributed by atoms with Crippen molar-refractivity contribution in [2.24, 2.45) is 5.41 Å². The van der Waals surface area contributed by atoms with Crippen LogP contribution in [0.25, 0.3) is 0 Å². The molecule has 0 atom stereocenters. The molecule has 0 bridgehead atoms. The zero-order valence-electron chi connectivity index (χ0n) is 12.9. The largest absolute Gasteiger partial charge is 0.312 e. The van der Waals surface area contributed by atoms with Gasteiger partial charge in [0.2, 0.25) is 0 Å². The van der Waals surface area contributed by atoms with Gasteiger partial charge in [-0.25, -0.2) is 0 Å². The molecule has 1 aliphatic heterocycles. The first kappa shape index (κ1) is 15.0. The Morgan fingerprint density at radius 3 is 2.65 bits per heavy atom. The average molecular weight is 271 g/mol. The van der Waals surface area contributed by atoms with Crippen LogP contribution in [0.2, 0.25) is 0 Å². The van der Waals surface area contributed by atoms with Crippen LogP contribution in [-0.2, 0) is 6.54 Å². The summed E-state index contributed by atoms with van der Waals surface area (Å²) in [7, 11) is 2.20. The van der Waals surface area contributed by atoms with Crippen LogP contribution in [0.15, 0.2) is 18.2 Å². The van der Waals surface area contributed by atoms with Crippen molar-refractivity contribution < 1.29 is 0 Å². The Kier molecular flexibility index (Phi) is 4.80. The number of hydrogen-bond acceptors (Lipinski definition) is 3. The Morgan fingerprint density at radius 1 is 1.35 bits per heavy atom. The third-order valence-electron chi connectivity index (χ3n) is 4.53. The van der Waals surface area contributed by atoms with Gasteiger partial charge in [0, 0.05) is 13.1 Å². The third-order valence-corrected chi connectivity index (χ3v) is 4.53. The van der Waals surface area contributed by atoms with Gasteiger partial charge in [0.05, 0.1) is 11.6 Å². The van der Waals surface area contributed by atoms with E-state index in [2.05, 4.69) is 43.2 Å². The summed E-state index contributed by atoms with van der Waals surface area (Å²) in [6.45, 7) is 8.83. The molecule has 0 spiro atoms. The lowest BCUT2D eigenvalue weighted by molar-refractivity contribution is 0.137. The molecule has 108 valence electrons. The predicted molar refractivity (Wildman–Crippen MR) is 82.4 cm³/mol. The fourth-order valence-electron chi connectivity index (χ4n) is 2.80. The summed E-state index contributed by atoms with van der Waals surface area (Å²) in [6.07, 6.45) is 2.53. The van der Waals surface area contributed by atoms with E-state index in [1.165, 1.54) is 37.1 Å². The smallest absolute Gasteiger partial charge is 0.0991 e. The second kappa shape index (κ2) is 6.39. The molecule has 1 aliphatic rings. The molecule has 1 saturated heterocycles. The van der Waals surface area contributed by atoms with E-state index in [0.717, 1.165) is 18.7 Å². The van der Waals surface area contributed by atoms with Crippen LogP contribution >= 0.6 is 0 Å². The molecule has 1 fully saturated rings. The molecule has 0 amide bonds. The number of nitrogens with zero attached hydrogens (tertiary/aromatic N) is 2. The second-order valence-electron chi connectivity index (χ2n) is 6.47. The lowest BCUT2D eigenvalue weighted by Gasteiger charge is -2.38. The molecule has 0 saturated carbocycles. The lowest BCUT2D eigenvalue weighted by Crippen LogP contribution is -2.41. The minimum absolute atomic E-state index is 0.424. The van der Waals surface area contributed by atoms with Crippen molar-refractivity contribution in [1.82, 2.24) is 10.2 Å². The zero-order chi connectivity index (χ0) is 14.6. The van der Waals surface area contributed by atoms with Gasteiger partial charge in [-0.15, -0.1) is 0 Å². The predicted octanol–water partition coefficient (Wildman–Crippen LogP) is 2.69. The second-order valence-corrected chi connectivity index (χ2v) is 6.47. The van der Waals surface area contributed by atoms with Crippen LogP contribution in [0.5, 0.6) is 0 Å². The van der Waals surface area contributed by atoms with Gasteiger partial charge in [0.15, 0.2) is 0 Å². The van der Waals surface area contributed by atoms with Gasteiger partial charge in [-0.3, -0.25) is 0 Å². The van der Waals surface area contributed by atoms with E-state index in [1.54, 1.807) is 0 Å². The van der Waals surface area contributed by atoms with Crippen LogP contribution in [0.4, 0.5) is 0 Å².